The molecule has 0 spiro atoms. The van der Waals surface area contributed by atoms with Crippen LogP contribution in [0.15, 0.2) is 110 Å². The third-order valence-corrected chi connectivity index (χ3v) is 15.9. The molecule has 12 aromatic rings. The van der Waals surface area contributed by atoms with Crippen LogP contribution < -0.4 is 22.1 Å². The molecule has 26 nitrogen and oxygen atoms in total. The van der Waals surface area contributed by atoms with Crippen molar-refractivity contribution in [2.24, 2.45) is 33.9 Å². The van der Waals surface area contributed by atoms with E-state index in [4.69, 9.17) is 31.5 Å². The van der Waals surface area contributed by atoms with Crippen molar-refractivity contribution in [1.29, 1.82) is 0 Å². The number of hydrogen-bond donors (Lipinski definition) is 7. The van der Waals surface area contributed by atoms with Crippen molar-refractivity contribution in [2.45, 2.75) is 115 Å². The number of carboxylic acids is 2. The van der Waals surface area contributed by atoms with Crippen LogP contribution in [0.1, 0.15) is 125 Å². The highest BCUT2D eigenvalue weighted by molar-refractivity contribution is 5.94. The smallest absolute Gasteiger partial charge is 0.413 e. The number of benzene rings is 4. The number of fused-ring (bicyclic) bond motifs is 4. The quantitative estimate of drug-likeness (QED) is 0.0598. The van der Waals surface area contributed by atoms with Crippen LogP contribution in [-0.4, -0.2) is 113 Å². The zero-order chi connectivity index (χ0) is 69.3. The molecule has 496 valence electrons. The molecular formula is C69H82N18O8. The Kier molecular flexibility index (Phi) is 21.8. The lowest BCUT2D eigenvalue weighted by Gasteiger charge is -2.19. The molecule has 95 heavy (non-hydrogen) atoms. The van der Waals surface area contributed by atoms with Crippen molar-refractivity contribution >= 4 is 79.7 Å². The predicted molar refractivity (Wildman–Crippen MR) is 365 cm³/mol. The van der Waals surface area contributed by atoms with Crippen LogP contribution in [0.2, 0.25) is 0 Å². The van der Waals surface area contributed by atoms with Crippen LogP contribution in [0, 0.1) is 55.4 Å². The van der Waals surface area contributed by atoms with Gasteiger partial charge in [-0.05, 0) is 182 Å². The van der Waals surface area contributed by atoms with Gasteiger partial charge in [-0.3, -0.25) is 19.5 Å². The fraction of sp³-hybridized carbons (Fsp3) is 0.304. The second-order valence-electron chi connectivity index (χ2n) is 24.0. The number of rotatable bonds is 12. The minimum atomic E-state index is -0.966. The Morgan fingerprint density at radius 3 is 1.38 bits per heavy atom. The molecule has 0 saturated carbocycles. The second kappa shape index (κ2) is 29.7. The van der Waals surface area contributed by atoms with E-state index in [1.54, 1.807) is 46.0 Å². The number of nitrogens with one attached hydrogen (secondary N) is 2. The second-order valence-corrected chi connectivity index (χ2v) is 24.0. The number of nitrogens with two attached hydrogens (primary N) is 2. The van der Waals surface area contributed by atoms with Crippen LogP contribution in [0.25, 0.3) is 44.1 Å². The van der Waals surface area contributed by atoms with Crippen LogP contribution in [-0.2, 0) is 65.7 Å². The maximum atomic E-state index is 12.6. The van der Waals surface area contributed by atoms with Crippen LogP contribution in [0.5, 0.6) is 0 Å². The maximum Gasteiger partial charge on any atom is 0.413 e. The number of nitrogens with zero attached hydrogens (tertiary/aromatic N) is 14. The van der Waals surface area contributed by atoms with E-state index in [9.17, 15) is 19.2 Å². The number of anilines is 2. The first-order valence-electron chi connectivity index (χ1n) is 30.4. The topological polar surface area (TPSA) is 347 Å². The molecule has 0 atom stereocenters. The number of amides is 2. The van der Waals surface area contributed by atoms with Gasteiger partial charge in [0.1, 0.15) is 40.5 Å². The summed E-state index contributed by atoms with van der Waals surface area (Å²) >= 11 is 0. The van der Waals surface area contributed by atoms with Gasteiger partial charge in [-0.2, -0.15) is 10.2 Å². The molecule has 26 heteroatoms. The number of carbonyl (C=O) groups excluding carboxylic acids is 2. The van der Waals surface area contributed by atoms with Gasteiger partial charge >= 0.3 is 18.0 Å². The fourth-order valence-corrected chi connectivity index (χ4v) is 10.4. The average Bonchev–Trinajstić information content (AvgIpc) is 1.71. The minimum Gasteiger partial charge on any atom is -0.478 e. The molecule has 0 radical (unpaired) electrons. The number of ether oxygens (including phenoxy) is 1. The first-order chi connectivity index (χ1) is 44.9. The number of carboxylic acid groups (broad SMARTS) is 2. The molecule has 9 N–H and O–H groups in total. The first kappa shape index (κ1) is 69.8. The Morgan fingerprint density at radius 1 is 0.526 bits per heavy atom. The predicted octanol–water partition coefficient (Wildman–Crippen LogP) is 9.93. The van der Waals surface area contributed by atoms with Gasteiger partial charge in [-0.1, -0.05) is 18.2 Å². The molecule has 4 aromatic carbocycles. The zero-order valence-electron chi connectivity index (χ0n) is 56.2. The third kappa shape index (κ3) is 17.3. The summed E-state index contributed by atoms with van der Waals surface area (Å²) < 4.78 is 16.6. The van der Waals surface area contributed by atoms with E-state index >= 15 is 0 Å². The number of aliphatic hydroxyl groups excluding tert-OH is 1. The van der Waals surface area contributed by atoms with Gasteiger partial charge in [0.2, 0.25) is 0 Å². The number of aromatic nitrogens is 14. The maximum absolute atomic E-state index is 12.6. The molecule has 2 amide bonds. The van der Waals surface area contributed by atoms with Gasteiger partial charge in [0, 0.05) is 65.1 Å². The van der Waals surface area contributed by atoms with E-state index in [-0.39, 0.29) is 23.6 Å². The highest BCUT2D eigenvalue weighted by Gasteiger charge is 2.19. The number of nitrogen functional groups attached to an aromatic ring is 1. The molecule has 12 rings (SSSR count). The third-order valence-electron chi connectivity index (χ3n) is 15.9. The van der Waals surface area contributed by atoms with Crippen LogP contribution in [0.4, 0.5) is 16.4 Å². The lowest BCUT2D eigenvalue weighted by molar-refractivity contribution is 0.0632. The first-order valence-corrected chi connectivity index (χ1v) is 30.4. The summed E-state index contributed by atoms with van der Waals surface area (Å²) in [6.07, 6.45) is 5.71. The van der Waals surface area contributed by atoms with Gasteiger partial charge in [-0.25, -0.2) is 44.3 Å². The molecule has 0 unspecified atom stereocenters. The lowest BCUT2D eigenvalue weighted by atomic mass is 10.1. The van der Waals surface area contributed by atoms with Crippen molar-refractivity contribution in [1.82, 2.24) is 73.1 Å². The van der Waals surface area contributed by atoms with Crippen molar-refractivity contribution in [3.05, 3.63) is 200 Å². The molecule has 8 aromatic heterocycles. The van der Waals surface area contributed by atoms with Crippen LogP contribution >= 0.6 is 0 Å². The largest absolute Gasteiger partial charge is 0.478 e. The summed E-state index contributed by atoms with van der Waals surface area (Å²) in [5.74, 6) is 2.71. The van der Waals surface area contributed by atoms with Crippen LogP contribution in [0.3, 0.4) is 0 Å². The summed E-state index contributed by atoms with van der Waals surface area (Å²) in [7, 11) is 7.89. The highest BCUT2D eigenvalue weighted by atomic mass is 16.6. The van der Waals surface area contributed by atoms with E-state index in [0.717, 1.165) is 118 Å². The molecule has 0 bridgehead atoms. The summed E-state index contributed by atoms with van der Waals surface area (Å²) in [4.78, 5) is 71.9. The highest BCUT2D eigenvalue weighted by Crippen LogP contribution is 2.23. The fourth-order valence-electron chi connectivity index (χ4n) is 10.4. The van der Waals surface area contributed by atoms with E-state index in [1.165, 1.54) is 12.4 Å². The summed E-state index contributed by atoms with van der Waals surface area (Å²) in [5, 5.41) is 40.5. The molecule has 0 saturated heterocycles. The van der Waals surface area contributed by atoms with E-state index in [2.05, 4.69) is 73.5 Å². The number of imidazole rings is 4. The number of hydrogen-bond acceptors (Lipinski definition) is 16. The monoisotopic (exact) mass is 1290 g/mol. The van der Waals surface area contributed by atoms with Gasteiger partial charge in [0.15, 0.2) is 0 Å². The van der Waals surface area contributed by atoms with Gasteiger partial charge < -0.3 is 55.1 Å². The minimum absolute atomic E-state index is 0.0750. The number of aromatic carboxylic acids is 2. The zero-order valence-corrected chi connectivity index (χ0v) is 56.2. The molecule has 0 aliphatic rings. The van der Waals surface area contributed by atoms with Crippen molar-refractivity contribution < 1.29 is 39.2 Å². The lowest BCUT2D eigenvalue weighted by Crippen LogP contribution is -2.27. The number of pyridine rings is 2. The molecule has 0 aliphatic heterocycles. The molecule has 8 heterocycles. The average molecular weight is 1290 g/mol. The number of aliphatic hydroxyl groups is 1. The Bertz CT molecular complexity index is 4760. The Hall–Kier alpha value is -11.1. The van der Waals surface area contributed by atoms with Crippen molar-refractivity contribution in [2.75, 3.05) is 11.1 Å². The van der Waals surface area contributed by atoms with Crippen molar-refractivity contribution in [3.8, 4) is 0 Å². The normalized spacial score (nSPS) is 11.1. The molecule has 0 fully saturated rings. The Balaban J connectivity index is 0.000000158. The number of carbonyl (C=O) groups is 4. The van der Waals surface area contributed by atoms with Gasteiger partial charge in [-0.15, -0.1) is 0 Å². The summed E-state index contributed by atoms with van der Waals surface area (Å²) in [6.45, 7) is 22.9. The SMILES string of the molecule is Cc1cc(N)nc(C)c1CNC(=O)c1cnn(Cc2ccc3c(c2)nc(C)n3C)c1.Cc1cc(NC(=O)OC(C)(C)C)nc(C)c1CN.Cc1nc2cc(C(=O)O)ccc2n1C.Cc1nc2cc(CO)ccc2n1C.Cc1nc2cc(Cn3cc(C(=O)O)cn3)ccc2n1C. The molecule has 0 aliphatic carbocycles. The van der Waals surface area contributed by atoms with E-state index in [1.807, 2.05) is 161 Å². The Labute approximate surface area is 549 Å². The Morgan fingerprint density at radius 2 is 0.947 bits per heavy atom. The van der Waals surface area contributed by atoms with E-state index in [0.29, 0.717) is 43.4 Å². The number of aryl methyl sites for hydroxylation is 12. The van der Waals surface area contributed by atoms with E-state index < -0.39 is 23.6 Å². The van der Waals surface area contributed by atoms with Gasteiger partial charge in [0.05, 0.1) is 92.9 Å². The molecular weight excluding hydrogens is 1210 g/mol. The van der Waals surface area contributed by atoms with Crippen molar-refractivity contribution in [3.63, 3.8) is 0 Å². The standard InChI is InChI=1S/C22H25N7O.C14H14N4O2.C13H21N3O2.C10H10N2O2.C10H12N2O/c1-13-7-21(23)26-14(2)18(13)10-24-22(30)17-9-25-29(12-17)11-16-5-6-20-19(8-16)27-15(3)28(20)4;1-9-16-12-5-10(3-4-13(12)17(9)2)7-18-8-11(6-15-18)14(19)20;1-8-6-11(15-9(2)10(8)7-14)16-12(17)18-13(3,4)5;1-6-11-8-5-7(10(13)14)3-4-9(8)12(6)2;1-7-11-9-5-8(6-13)3-4-10(9)12(7)2/h5-9,12H,10-11H2,1-4H3,(H2,23,26)(H,24,30);3-6,8H,7H2,1-2H3,(H,19,20);6H,7,14H2,1-5H3,(H,15,16,17);3-5H,1-2H3,(H,13,14);3-5,13H,6H2,1-2H3. The van der Waals surface area contributed by atoms with Gasteiger partial charge in [0.25, 0.3) is 5.91 Å². The summed E-state index contributed by atoms with van der Waals surface area (Å²) in [5.41, 5.74) is 28.3. The summed E-state index contributed by atoms with van der Waals surface area (Å²) in [6, 6.07) is 26.6.